The highest BCUT2D eigenvalue weighted by Crippen LogP contribution is 2.36. The number of rotatable bonds is 4. The second-order valence-electron chi connectivity index (χ2n) is 6.46. The molecule has 29 heavy (non-hydrogen) atoms. The average molecular weight is 391 g/mol. The highest BCUT2D eigenvalue weighted by atomic mass is 16.6. The Morgan fingerprint density at radius 3 is 2.69 bits per heavy atom. The van der Waals surface area contributed by atoms with Gasteiger partial charge in [-0.05, 0) is 16.8 Å². The van der Waals surface area contributed by atoms with Crippen LogP contribution in [0.15, 0.2) is 65.8 Å². The molecule has 0 spiro atoms. The van der Waals surface area contributed by atoms with Crippen molar-refractivity contribution >= 4 is 28.3 Å². The van der Waals surface area contributed by atoms with Crippen LogP contribution in [0, 0.1) is 10.1 Å². The molecule has 8 heteroatoms. The van der Waals surface area contributed by atoms with Crippen molar-refractivity contribution in [2.24, 2.45) is 5.10 Å². The van der Waals surface area contributed by atoms with Gasteiger partial charge in [0.25, 0.3) is 5.69 Å². The molecule has 3 aromatic rings. The smallest absolute Gasteiger partial charge is 0.269 e. The summed E-state index contributed by atoms with van der Waals surface area (Å²) in [4.78, 5) is 22.9. The number of carbonyl (C=O) groups is 1. The van der Waals surface area contributed by atoms with Gasteiger partial charge in [-0.1, -0.05) is 42.5 Å². The molecule has 0 fully saturated rings. The summed E-state index contributed by atoms with van der Waals surface area (Å²) in [5.74, 6) is 0.409. The average Bonchev–Trinajstić information content (AvgIpc) is 3.18. The summed E-state index contributed by atoms with van der Waals surface area (Å²) < 4.78 is 11.5. The molecule has 0 radical (unpaired) electrons. The molecule has 0 saturated heterocycles. The zero-order valence-electron chi connectivity index (χ0n) is 15.7. The summed E-state index contributed by atoms with van der Waals surface area (Å²) in [6.07, 6.45) is -0.911. The van der Waals surface area contributed by atoms with E-state index in [1.807, 2.05) is 36.4 Å². The maximum atomic E-state index is 12.2. The van der Waals surface area contributed by atoms with E-state index in [0.717, 1.165) is 10.8 Å². The SMILES string of the molecule is COc1ccc2ccccc2c1C1=NN(C(C)=O)[C@@H](c2cccc([N+](=O)[O-])c2)O1. The van der Waals surface area contributed by atoms with Gasteiger partial charge < -0.3 is 9.47 Å². The molecule has 4 rings (SSSR count). The molecule has 0 unspecified atom stereocenters. The number of nitrogens with zero attached hydrogens (tertiary/aromatic N) is 3. The molecule has 3 aromatic carbocycles. The minimum Gasteiger partial charge on any atom is -0.496 e. The Kier molecular flexibility index (Phi) is 4.59. The van der Waals surface area contributed by atoms with Crippen LogP contribution in [-0.4, -0.2) is 28.8 Å². The van der Waals surface area contributed by atoms with E-state index in [0.29, 0.717) is 16.9 Å². The summed E-state index contributed by atoms with van der Waals surface area (Å²) in [7, 11) is 1.55. The molecule has 0 bridgehead atoms. The molecule has 0 N–H and O–H groups in total. The summed E-state index contributed by atoms with van der Waals surface area (Å²) in [6, 6.07) is 17.4. The Morgan fingerprint density at radius 1 is 1.17 bits per heavy atom. The number of hydrazone groups is 1. The lowest BCUT2D eigenvalue weighted by Gasteiger charge is -2.19. The molecule has 1 aliphatic heterocycles. The zero-order valence-corrected chi connectivity index (χ0v) is 15.7. The summed E-state index contributed by atoms with van der Waals surface area (Å²) >= 11 is 0. The van der Waals surface area contributed by atoms with E-state index in [1.54, 1.807) is 19.2 Å². The number of hydrogen-bond donors (Lipinski definition) is 0. The van der Waals surface area contributed by atoms with E-state index < -0.39 is 11.2 Å². The molecular weight excluding hydrogens is 374 g/mol. The maximum Gasteiger partial charge on any atom is 0.269 e. The van der Waals surface area contributed by atoms with Crippen molar-refractivity contribution in [2.45, 2.75) is 13.2 Å². The molecule has 8 nitrogen and oxygen atoms in total. The normalized spacial score (nSPS) is 15.7. The molecule has 1 heterocycles. The number of fused-ring (bicyclic) bond motifs is 1. The van der Waals surface area contributed by atoms with Gasteiger partial charge in [0.05, 0.1) is 17.6 Å². The lowest BCUT2D eigenvalue weighted by atomic mass is 10.0. The highest BCUT2D eigenvalue weighted by Gasteiger charge is 2.35. The van der Waals surface area contributed by atoms with E-state index >= 15 is 0 Å². The number of ether oxygens (including phenoxy) is 2. The van der Waals surface area contributed by atoms with Gasteiger partial charge in [0, 0.05) is 24.6 Å². The van der Waals surface area contributed by atoms with Crippen molar-refractivity contribution in [3.8, 4) is 5.75 Å². The van der Waals surface area contributed by atoms with Crippen LogP contribution in [-0.2, 0) is 9.53 Å². The van der Waals surface area contributed by atoms with E-state index in [4.69, 9.17) is 9.47 Å². The minimum absolute atomic E-state index is 0.0919. The largest absolute Gasteiger partial charge is 0.496 e. The number of non-ortho nitro benzene ring substituents is 1. The van der Waals surface area contributed by atoms with Crippen molar-refractivity contribution < 1.29 is 19.2 Å². The molecule has 0 aliphatic carbocycles. The lowest BCUT2D eigenvalue weighted by molar-refractivity contribution is -0.385. The monoisotopic (exact) mass is 391 g/mol. The van der Waals surface area contributed by atoms with Crippen LogP contribution in [0.5, 0.6) is 5.75 Å². The fourth-order valence-electron chi connectivity index (χ4n) is 3.32. The first-order valence-electron chi connectivity index (χ1n) is 8.85. The minimum atomic E-state index is -0.911. The molecule has 0 saturated carbocycles. The van der Waals surface area contributed by atoms with Gasteiger partial charge in [-0.2, -0.15) is 5.01 Å². The fourth-order valence-corrected chi connectivity index (χ4v) is 3.32. The molecule has 146 valence electrons. The standard InChI is InChI=1S/C21H17N3O5/c1-13(25)23-21(15-7-5-8-16(12-15)24(26)27)29-20(22-23)19-17-9-4-3-6-14(17)10-11-18(19)28-2/h3-12,21H,1-2H3/t21-/m1/s1. The van der Waals surface area contributed by atoms with Crippen LogP contribution in [0.2, 0.25) is 0 Å². The second-order valence-corrected chi connectivity index (χ2v) is 6.46. The predicted molar refractivity (Wildman–Crippen MR) is 106 cm³/mol. The van der Waals surface area contributed by atoms with Crippen LogP contribution in [0.25, 0.3) is 10.8 Å². The van der Waals surface area contributed by atoms with Crippen LogP contribution < -0.4 is 4.74 Å². The quantitative estimate of drug-likeness (QED) is 0.495. The third-order valence-electron chi connectivity index (χ3n) is 4.66. The van der Waals surface area contributed by atoms with Gasteiger partial charge >= 0.3 is 0 Å². The number of amides is 1. The van der Waals surface area contributed by atoms with Crippen molar-refractivity contribution in [2.75, 3.05) is 7.11 Å². The predicted octanol–water partition coefficient (Wildman–Crippen LogP) is 4.00. The van der Waals surface area contributed by atoms with Crippen LogP contribution in [0.1, 0.15) is 24.3 Å². The highest BCUT2D eigenvalue weighted by molar-refractivity contribution is 6.10. The molecular formula is C21H17N3O5. The maximum absolute atomic E-state index is 12.2. The van der Waals surface area contributed by atoms with Crippen LogP contribution >= 0.6 is 0 Å². The first kappa shape index (κ1) is 18.4. The Labute approximate surface area is 166 Å². The first-order chi connectivity index (χ1) is 14.0. The van der Waals surface area contributed by atoms with Crippen molar-refractivity contribution in [1.82, 2.24) is 5.01 Å². The third kappa shape index (κ3) is 3.25. The third-order valence-corrected chi connectivity index (χ3v) is 4.66. The van der Waals surface area contributed by atoms with Gasteiger partial charge in [0.2, 0.25) is 18.0 Å². The topological polar surface area (TPSA) is 94.3 Å². The van der Waals surface area contributed by atoms with Crippen LogP contribution in [0.4, 0.5) is 5.69 Å². The number of benzene rings is 3. The summed E-state index contributed by atoms with van der Waals surface area (Å²) in [6.45, 7) is 1.36. The zero-order chi connectivity index (χ0) is 20.5. The van der Waals surface area contributed by atoms with E-state index in [2.05, 4.69) is 5.10 Å². The van der Waals surface area contributed by atoms with E-state index in [-0.39, 0.29) is 17.5 Å². The number of nitro groups is 1. The second kappa shape index (κ2) is 7.23. The Hall–Kier alpha value is -3.94. The Morgan fingerprint density at radius 2 is 1.97 bits per heavy atom. The summed E-state index contributed by atoms with van der Waals surface area (Å²) in [5.41, 5.74) is 0.975. The number of nitro benzene ring substituents is 1. The molecule has 0 aromatic heterocycles. The van der Waals surface area contributed by atoms with Crippen molar-refractivity contribution in [1.29, 1.82) is 0 Å². The summed E-state index contributed by atoms with van der Waals surface area (Å²) in [5, 5.41) is 18.5. The van der Waals surface area contributed by atoms with Gasteiger partial charge in [0.1, 0.15) is 5.75 Å². The van der Waals surface area contributed by atoms with Crippen molar-refractivity contribution in [3.05, 3.63) is 81.9 Å². The van der Waals surface area contributed by atoms with Crippen LogP contribution in [0.3, 0.4) is 0 Å². The lowest BCUT2D eigenvalue weighted by Crippen LogP contribution is -2.25. The Balaban J connectivity index is 1.82. The molecule has 1 aliphatic rings. The van der Waals surface area contributed by atoms with Crippen molar-refractivity contribution in [3.63, 3.8) is 0 Å². The fraction of sp³-hybridized carbons (Fsp3) is 0.143. The Bertz CT molecular complexity index is 1160. The van der Waals surface area contributed by atoms with E-state index in [1.165, 1.54) is 24.1 Å². The number of hydrogen-bond acceptors (Lipinski definition) is 6. The van der Waals surface area contributed by atoms with Gasteiger partial charge in [0.15, 0.2) is 0 Å². The number of methoxy groups -OCH3 is 1. The van der Waals surface area contributed by atoms with E-state index in [9.17, 15) is 14.9 Å². The molecule has 1 atom stereocenters. The van der Waals surface area contributed by atoms with Gasteiger partial charge in [-0.3, -0.25) is 14.9 Å². The number of carbonyl (C=O) groups excluding carboxylic acids is 1. The molecule has 1 amide bonds. The first-order valence-corrected chi connectivity index (χ1v) is 8.85. The van der Waals surface area contributed by atoms with Gasteiger partial charge in [-0.25, -0.2) is 0 Å². The van der Waals surface area contributed by atoms with Gasteiger partial charge in [-0.15, -0.1) is 5.10 Å².